The first-order chi connectivity index (χ1) is 8.42. The van der Waals surface area contributed by atoms with E-state index in [0.29, 0.717) is 5.56 Å². The highest BCUT2D eigenvalue weighted by Gasteiger charge is 2.22. The molecular weight excluding hydrogens is 252 g/mol. The van der Waals surface area contributed by atoms with Crippen molar-refractivity contribution in [2.75, 3.05) is 13.2 Å². The Morgan fingerprint density at radius 3 is 2.44 bits per heavy atom. The van der Waals surface area contributed by atoms with E-state index in [4.69, 9.17) is 5.73 Å². The maximum Gasteiger partial charge on any atom is 0.241 e. The van der Waals surface area contributed by atoms with Crippen LogP contribution in [0.1, 0.15) is 25.3 Å². The zero-order valence-corrected chi connectivity index (χ0v) is 11.4. The number of rotatable bonds is 6. The molecule has 1 atom stereocenters. The van der Waals surface area contributed by atoms with Crippen LogP contribution in [0, 0.1) is 0 Å². The first-order valence-corrected chi connectivity index (χ1v) is 7.33. The quantitative estimate of drug-likeness (QED) is 0.699. The summed E-state index contributed by atoms with van der Waals surface area (Å²) in [6.45, 7) is 3.54. The van der Waals surface area contributed by atoms with Gasteiger partial charge in [0.2, 0.25) is 10.0 Å². The molecule has 5 nitrogen and oxygen atoms in total. The van der Waals surface area contributed by atoms with E-state index in [1.54, 1.807) is 32.0 Å². The first kappa shape index (κ1) is 15.1. The van der Waals surface area contributed by atoms with E-state index >= 15 is 0 Å². The van der Waals surface area contributed by atoms with Crippen LogP contribution in [0.15, 0.2) is 29.2 Å². The highest BCUT2D eigenvalue weighted by Crippen LogP contribution is 2.23. The average Bonchev–Trinajstić information content (AvgIpc) is 2.29. The number of hydrogen-bond donors (Lipinski definition) is 3. The molecule has 1 aromatic carbocycles. The van der Waals surface area contributed by atoms with Gasteiger partial charge in [0.25, 0.3) is 0 Å². The van der Waals surface area contributed by atoms with Crippen LogP contribution >= 0.6 is 0 Å². The van der Waals surface area contributed by atoms with Crippen molar-refractivity contribution < 1.29 is 13.5 Å². The molecular formula is C12H20N2O3S. The monoisotopic (exact) mass is 272 g/mol. The van der Waals surface area contributed by atoms with Crippen LogP contribution in [0.2, 0.25) is 0 Å². The fourth-order valence-corrected chi connectivity index (χ4v) is 3.29. The molecule has 4 N–H and O–H groups in total. The molecule has 0 heterocycles. The Morgan fingerprint density at radius 2 is 1.94 bits per heavy atom. The second-order valence-corrected chi connectivity index (χ2v) is 6.11. The summed E-state index contributed by atoms with van der Waals surface area (Å²) < 4.78 is 26.9. The Kier molecular flexibility index (Phi) is 5.28. The summed E-state index contributed by atoms with van der Waals surface area (Å²) in [5.74, 6) is -0.370. The lowest BCUT2D eigenvalue weighted by atomic mass is 10.0. The second kappa shape index (κ2) is 6.29. The van der Waals surface area contributed by atoms with Crippen LogP contribution < -0.4 is 10.5 Å². The minimum Gasteiger partial charge on any atom is -0.396 e. The molecule has 1 unspecified atom stereocenters. The van der Waals surface area contributed by atoms with Crippen LogP contribution in [0.3, 0.4) is 0 Å². The Hall–Kier alpha value is -0.950. The topological polar surface area (TPSA) is 92.4 Å². The van der Waals surface area contributed by atoms with Gasteiger partial charge in [-0.25, -0.2) is 13.1 Å². The zero-order valence-electron chi connectivity index (χ0n) is 10.6. The minimum absolute atomic E-state index is 0.176. The molecule has 0 saturated heterocycles. The zero-order chi connectivity index (χ0) is 13.8. The molecule has 1 aromatic rings. The Bertz CT molecular complexity index is 482. The molecule has 0 aliphatic carbocycles. The predicted octanol–water partition coefficient (Wildman–Crippen LogP) is 0.408. The van der Waals surface area contributed by atoms with E-state index in [1.807, 2.05) is 0 Å². The van der Waals surface area contributed by atoms with Crippen molar-refractivity contribution in [2.24, 2.45) is 5.73 Å². The van der Waals surface area contributed by atoms with Crippen LogP contribution in [-0.2, 0) is 10.0 Å². The molecule has 102 valence electrons. The summed E-state index contributed by atoms with van der Waals surface area (Å²) in [5, 5.41) is 9.26. The van der Waals surface area contributed by atoms with E-state index in [2.05, 4.69) is 4.72 Å². The molecule has 0 aliphatic rings. The van der Waals surface area contributed by atoms with Gasteiger partial charge < -0.3 is 10.8 Å². The average molecular weight is 272 g/mol. The first-order valence-electron chi connectivity index (χ1n) is 5.84. The van der Waals surface area contributed by atoms with Gasteiger partial charge >= 0.3 is 0 Å². The summed E-state index contributed by atoms with van der Waals surface area (Å²) in [6.07, 6.45) is 0. The summed E-state index contributed by atoms with van der Waals surface area (Å²) in [4.78, 5) is 0.184. The van der Waals surface area contributed by atoms with E-state index in [9.17, 15) is 13.5 Å². The lowest BCUT2D eigenvalue weighted by Gasteiger charge is -2.18. The summed E-state index contributed by atoms with van der Waals surface area (Å²) in [7, 11) is -3.57. The molecule has 18 heavy (non-hydrogen) atoms. The van der Waals surface area contributed by atoms with E-state index in [1.165, 1.54) is 6.07 Å². The summed E-state index contributed by atoms with van der Waals surface area (Å²) >= 11 is 0. The molecule has 0 aliphatic heterocycles. The van der Waals surface area contributed by atoms with Gasteiger partial charge in [0.15, 0.2) is 0 Å². The summed E-state index contributed by atoms with van der Waals surface area (Å²) in [6, 6.07) is 6.42. The number of sulfonamides is 1. The lowest BCUT2D eigenvalue weighted by Crippen LogP contribution is -2.31. The number of benzene rings is 1. The van der Waals surface area contributed by atoms with Crippen molar-refractivity contribution in [1.29, 1.82) is 0 Å². The minimum atomic E-state index is -3.57. The van der Waals surface area contributed by atoms with Gasteiger partial charge in [0.05, 0.1) is 11.5 Å². The van der Waals surface area contributed by atoms with Gasteiger partial charge in [-0.05, 0) is 25.5 Å². The molecule has 1 rings (SSSR count). The summed E-state index contributed by atoms with van der Waals surface area (Å²) in [5.41, 5.74) is 6.11. The molecule has 0 amide bonds. The van der Waals surface area contributed by atoms with Gasteiger partial charge in [-0.3, -0.25) is 0 Å². The molecule has 0 radical (unpaired) electrons. The Balaban J connectivity index is 3.24. The fraction of sp³-hybridized carbons (Fsp3) is 0.500. The second-order valence-electron chi connectivity index (χ2n) is 4.43. The third-order valence-electron chi connectivity index (χ3n) is 2.54. The third kappa shape index (κ3) is 3.52. The Morgan fingerprint density at radius 1 is 1.33 bits per heavy atom. The standard InChI is InChI=1S/C12H20N2O3S/c1-9(2)14-18(16,17)12-6-4-3-5-11(12)10(7-13)8-15/h3-6,9-10,14-15H,7-8,13H2,1-2H3. The molecule has 6 heteroatoms. The van der Waals surface area contributed by atoms with Crippen molar-refractivity contribution in [1.82, 2.24) is 4.72 Å². The SMILES string of the molecule is CC(C)NS(=O)(=O)c1ccccc1C(CN)CO. The van der Waals surface area contributed by atoms with E-state index in [0.717, 1.165) is 0 Å². The number of nitrogens with two attached hydrogens (primary N) is 1. The van der Waals surface area contributed by atoms with Crippen molar-refractivity contribution >= 4 is 10.0 Å². The van der Waals surface area contributed by atoms with Gasteiger partial charge in [0.1, 0.15) is 0 Å². The van der Waals surface area contributed by atoms with Crippen molar-refractivity contribution in [3.8, 4) is 0 Å². The lowest BCUT2D eigenvalue weighted by molar-refractivity contribution is 0.266. The van der Waals surface area contributed by atoms with Gasteiger partial charge in [-0.1, -0.05) is 18.2 Å². The third-order valence-corrected chi connectivity index (χ3v) is 4.28. The van der Waals surface area contributed by atoms with Gasteiger partial charge in [0, 0.05) is 18.5 Å². The Labute approximate surface area is 108 Å². The van der Waals surface area contributed by atoms with Crippen molar-refractivity contribution in [2.45, 2.75) is 30.7 Å². The van der Waals surface area contributed by atoms with Gasteiger partial charge in [-0.2, -0.15) is 0 Å². The fourth-order valence-electron chi connectivity index (χ4n) is 1.74. The molecule has 0 saturated carbocycles. The van der Waals surface area contributed by atoms with Crippen LogP contribution in [0.5, 0.6) is 0 Å². The molecule has 0 aromatic heterocycles. The van der Waals surface area contributed by atoms with E-state index in [-0.39, 0.29) is 30.0 Å². The highest BCUT2D eigenvalue weighted by molar-refractivity contribution is 7.89. The number of aliphatic hydroxyl groups excluding tert-OH is 1. The van der Waals surface area contributed by atoms with Crippen molar-refractivity contribution in [3.63, 3.8) is 0 Å². The van der Waals surface area contributed by atoms with Gasteiger partial charge in [-0.15, -0.1) is 0 Å². The highest BCUT2D eigenvalue weighted by atomic mass is 32.2. The normalized spacial score (nSPS) is 13.8. The van der Waals surface area contributed by atoms with E-state index < -0.39 is 10.0 Å². The number of aliphatic hydroxyl groups is 1. The maximum atomic E-state index is 12.2. The number of nitrogens with one attached hydrogen (secondary N) is 1. The maximum absolute atomic E-state index is 12.2. The molecule has 0 bridgehead atoms. The van der Waals surface area contributed by atoms with Crippen LogP contribution in [0.4, 0.5) is 0 Å². The van der Waals surface area contributed by atoms with Crippen LogP contribution in [-0.4, -0.2) is 32.7 Å². The predicted molar refractivity (Wildman–Crippen MR) is 70.8 cm³/mol. The number of hydrogen-bond acceptors (Lipinski definition) is 4. The largest absolute Gasteiger partial charge is 0.396 e. The molecule has 0 fully saturated rings. The smallest absolute Gasteiger partial charge is 0.241 e. The molecule has 0 spiro atoms. The van der Waals surface area contributed by atoms with Crippen molar-refractivity contribution in [3.05, 3.63) is 29.8 Å². The van der Waals surface area contributed by atoms with Crippen LogP contribution in [0.25, 0.3) is 0 Å².